The zero-order valence-corrected chi connectivity index (χ0v) is 17.5. The quantitative estimate of drug-likeness (QED) is 0.657. The van der Waals surface area contributed by atoms with Crippen molar-refractivity contribution in [2.75, 3.05) is 18.0 Å². The van der Waals surface area contributed by atoms with Gasteiger partial charge in [0.15, 0.2) is 5.82 Å². The van der Waals surface area contributed by atoms with Gasteiger partial charge in [-0.05, 0) is 67.5 Å². The number of hydrogen-bond donors (Lipinski definition) is 1. The Morgan fingerprint density at radius 3 is 2.58 bits per heavy atom. The monoisotopic (exact) mass is 414 g/mol. The summed E-state index contributed by atoms with van der Waals surface area (Å²) in [6, 6.07) is 15.6. The van der Waals surface area contributed by atoms with E-state index in [4.69, 9.17) is 4.74 Å². The minimum Gasteiger partial charge on any atom is -0.436 e. The number of aromatic nitrogens is 2. The number of carbonyl (C=O) groups is 1. The molecule has 1 fully saturated rings. The van der Waals surface area contributed by atoms with E-state index in [2.05, 4.69) is 38.4 Å². The van der Waals surface area contributed by atoms with Crippen LogP contribution in [0.1, 0.15) is 53.2 Å². The Bertz CT molecular complexity index is 1060. The van der Waals surface area contributed by atoms with Gasteiger partial charge in [0, 0.05) is 31.0 Å². The Morgan fingerprint density at radius 1 is 0.968 bits per heavy atom. The van der Waals surface area contributed by atoms with Crippen molar-refractivity contribution in [2.24, 2.45) is 0 Å². The van der Waals surface area contributed by atoms with Crippen molar-refractivity contribution in [3.8, 4) is 11.6 Å². The van der Waals surface area contributed by atoms with E-state index < -0.39 is 0 Å². The standard InChI is InChI=1S/C25H26N4O2/c30-24(28-22-13-10-18-6-2-3-7-21(18)22)19-8-11-20(12-9-19)31-25-23(26-14-15-27-25)29-16-4-1-5-17-29/h2-3,6-9,11-12,14-15,22H,1,4-5,10,13,16-17H2,(H,28,30)/t22-/m0/s1. The van der Waals surface area contributed by atoms with Gasteiger partial charge in [0.2, 0.25) is 0 Å². The molecule has 1 saturated heterocycles. The molecule has 5 rings (SSSR count). The highest BCUT2D eigenvalue weighted by molar-refractivity contribution is 5.94. The van der Waals surface area contributed by atoms with Crippen molar-refractivity contribution in [1.82, 2.24) is 15.3 Å². The Kier molecular flexibility index (Phi) is 5.52. The van der Waals surface area contributed by atoms with Crippen LogP contribution in [0.15, 0.2) is 60.9 Å². The molecule has 1 N–H and O–H groups in total. The number of ether oxygens (including phenoxy) is 1. The predicted molar refractivity (Wildman–Crippen MR) is 120 cm³/mol. The molecular weight excluding hydrogens is 388 g/mol. The summed E-state index contributed by atoms with van der Waals surface area (Å²) in [4.78, 5) is 23.9. The van der Waals surface area contributed by atoms with E-state index in [1.807, 2.05) is 18.2 Å². The van der Waals surface area contributed by atoms with Gasteiger partial charge in [-0.25, -0.2) is 9.97 Å². The van der Waals surface area contributed by atoms with Crippen LogP contribution in [0.5, 0.6) is 11.6 Å². The lowest BCUT2D eigenvalue weighted by Crippen LogP contribution is -2.30. The van der Waals surface area contributed by atoms with Crippen LogP contribution in [0, 0.1) is 0 Å². The predicted octanol–water partition coefficient (Wildman–Crippen LogP) is 4.68. The number of nitrogens with zero attached hydrogens (tertiary/aromatic N) is 3. The Hall–Kier alpha value is -3.41. The molecular formula is C25H26N4O2. The average molecular weight is 415 g/mol. The number of carbonyl (C=O) groups excluding carboxylic acids is 1. The van der Waals surface area contributed by atoms with Crippen LogP contribution < -0.4 is 15.0 Å². The van der Waals surface area contributed by atoms with Crippen molar-refractivity contribution in [3.63, 3.8) is 0 Å². The molecule has 158 valence electrons. The number of anilines is 1. The Morgan fingerprint density at radius 2 is 1.74 bits per heavy atom. The third-order valence-corrected chi connectivity index (χ3v) is 6.07. The molecule has 31 heavy (non-hydrogen) atoms. The molecule has 2 aliphatic rings. The third-order valence-electron chi connectivity index (χ3n) is 6.07. The lowest BCUT2D eigenvalue weighted by Gasteiger charge is -2.28. The van der Waals surface area contributed by atoms with E-state index in [1.165, 1.54) is 17.5 Å². The van der Waals surface area contributed by atoms with Crippen molar-refractivity contribution < 1.29 is 9.53 Å². The molecule has 3 aromatic rings. The summed E-state index contributed by atoms with van der Waals surface area (Å²) < 4.78 is 6.03. The lowest BCUT2D eigenvalue weighted by molar-refractivity contribution is 0.0936. The zero-order chi connectivity index (χ0) is 21.0. The number of rotatable bonds is 5. The first kappa shape index (κ1) is 19.5. The number of piperidine rings is 1. The van der Waals surface area contributed by atoms with Gasteiger partial charge >= 0.3 is 0 Å². The van der Waals surface area contributed by atoms with Crippen molar-refractivity contribution in [1.29, 1.82) is 0 Å². The van der Waals surface area contributed by atoms with Crippen LogP contribution in [0.4, 0.5) is 5.82 Å². The molecule has 0 bridgehead atoms. The van der Waals surface area contributed by atoms with Gasteiger partial charge in [-0.15, -0.1) is 0 Å². The molecule has 0 spiro atoms. The molecule has 1 aromatic heterocycles. The number of amides is 1. The third kappa shape index (κ3) is 4.24. The van der Waals surface area contributed by atoms with E-state index in [1.54, 1.807) is 24.5 Å². The van der Waals surface area contributed by atoms with Gasteiger partial charge in [0.05, 0.1) is 6.04 Å². The Balaban J connectivity index is 1.26. The highest BCUT2D eigenvalue weighted by Crippen LogP contribution is 2.32. The van der Waals surface area contributed by atoms with Crippen LogP contribution in [0.3, 0.4) is 0 Å². The number of benzene rings is 2. The maximum Gasteiger partial charge on any atom is 0.263 e. The molecule has 0 unspecified atom stereocenters. The molecule has 2 heterocycles. The summed E-state index contributed by atoms with van der Waals surface area (Å²) in [5.41, 5.74) is 3.17. The second kappa shape index (κ2) is 8.76. The van der Waals surface area contributed by atoms with E-state index in [0.717, 1.165) is 44.6 Å². The van der Waals surface area contributed by atoms with Crippen molar-refractivity contribution >= 4 is 11.7 Å². The summed E-state index contributed by atoms with van der Waals surface area (Å²) in [5, 5.41) is 3.16. The fourth-order valence-electron chi connectivity index (χ4n) is 4.45. The van der Waals surface area contributed by atoms with E-state index in [0.29, 0.717) is 17.2 Å². The molecule has 1 aliphatic heterocycles. The molecule has 1 atom stereocenters. The van der Waals surface area contributed by atoms with Crippen LogP contribution in [0.2, 0.25) is 0 Å². The highest BCUT2D eigenvalue weighted by atomic mass is 16.5. The summed E-state index contributed by atoms with van der Waals surface area (Å²) in [6.45, 7) is 1.94. The minimum atomic E-state index is -0.0678. The molecule has 0 saturated carbocycles. The fraction of sp³-hybridized carbons (Fsp3) is 0.320. The van der Waals surface area contributed by atoms with Crippen LogP contribution in [-0.2, 0) is 6.42 Å². The molecule has 6 nitrogen and oxygen atoms in total. The van der Waals surface area contributed by atoms with Crippen LogP contribution in [0.25, 0.3) is 0 Å². The van der Waals surface area contributed by atoms with Gasteiger partial charge in [0.1, 0.15) is 5.75 Å². The van der Waals surface area contributed by atoms with Gasteiger partial charge in [-0.3, -0.25) is 4.79 Å². The zero-order valence-electron chi connectivity index (χ0n) is 17.5. The number of hydrogen-bond acceptors (Lipinski definition) is 5. The summed E-state index contributed by atoms with van der Waals surface area (Å²) in [5.74, 6) is 1.86. The summed E-state index contributed by atoms with van der Waals surface area (Å²) in [6.07, 6.45) is 8.86. The maximum absolute atomic E-state index is 12.8. The first-order chi connectivity index (χ1) is 15.3. The van der Waals surface area contributed by atoms with E-state index in [-0.39, 0.29) is 11.9 Å². The van der Waals surface area contributed by atoms with E-state index >= 15 is 0 Å². The number of nitrogens with one attached hydrogen (secondary N) is 1. The van der Waals surface area contributed by atoms with Gasteiger partial charge in [0.25, 0.3) is 11.8 Å². The van der Waals surface area contributed by atoms with Crippen molar-refractivity contribution in [3.05, 3.63) is 77.6 Å². The Labute approximate surface area is 182 Å². The van der Waals surface area contributed by atoms with Gasteiger partial charge in [-0.2, -0.15) is 0 Å². The smallest absolute Gasteiger partial charge is 0.263 e. The first-order valence-electron chi connectivity index (χ1n) is 11.0. The molecule has 2 aromatic carbocycles. The van der Waals surface area contributed by atoms with Crippen LogP contribution >= 0.6 is 0 Å². The highest BCUT2D eigenvalue weighted by Gasteiger charge is 2.24. The average Bonchev–Trinajstić information content (AvgIpc) is 3.23. The topological polar surface area (TPSA) is 67.3 Å². The number of fused-ring (bicyclic) bond motifs is 1. The first-order valence-corrected chi connectivity index (χ1v) is 11.0. The number of aryl methyl sites for hydroxylation is 1. The van der Waals surface area contributed by atoms with Gasteiger partial charge in [-0.1, -0.05) is 24.3 Å². The molecule has 1 aliphatic carbocycles. The normalized spacial score (nSPS) is 17.8. The summed E-state index contributed by atoms with van der Waals surface area (Å²) >= 11 is 0. The van der Waals surface area contributed by atoms with E-state index in [9.17, 15) is 4.79 Å². The maximum atomic E-state index is 12.8. The summed E-state index contributed by atoms with van der Waals surface area (Å²) in [7, 11) is 0. The lowest BCUT2D eigenvalue weighted by atomic mass is 10.1. The molecule has 6 heteroatoms. The second-order valence-electron chi connectivity index (χ2n) is 8.12. The van der Waals surface area contributed by atoms with Crippen LogP contribution in [-0.4, -0.2) is 29.0 Å². The van der Waals surface area contributed by atoms with Gasteiger partial charge < -0.3 is 15.0 Å². The SMILES string of the molecule is O=C(N[C@H]1CCc2ccccc21)c1ccc(Oc2nccnc2N2CCCCC2)cc1. The molecule has 0 radical (unpaired) electrons. The minimum absolute atomic E-state index is 0.0678. The molecule has 1 amide bonds. The largest absolute Gasteiger partial charge is 0.436 e. The second-order valence-corrected chi connectivity index (χ2v) is 8.12. The fourth-order valence-corrected chi connectivity index (χ4v) is 4.45. The van der Waals surface area contributed by atoms with Crippen molar-refractivity contribution in [2.45, 2.75) is 38.1 Å².